The standard InChI is InChI=1S/C21H20N2O2S/c1-4-15-9-11-16(12-10-15)21-22-13(2)19(26-21)20(25)23-18-8-6-5-7-17(18)14(3)24/h5-12H,4H2,1-3H3,(H,23,25). The lowest BCUT2D eigenvalue weighted by molar-refractivity contribution is 0.101. The average molecular weight is 364 g/mol. The Labute approximate surface area is 156 Å². The fourth-order valence-corrected chi connectivity index (χ4v) is 3.66. The van der Waals surface area contributed by atoms with Gasteiger partial charge in [0.05, 0.1) is 11.4 Å². The van der Waals surface area contributed by atoms with Crippen LogP contribution in [0, 0.1) is 6.92 Å². The SMILES string of the molecule is CCc1ccc(-c2nc(C)c(C(=O)Nc3ccccc3C(C)=O)s2)cc1. The summed E-state index contributed by atoms with van der Waals surface area (Å²) >= 11 is 1.36. The van der Waals surface area contributed by atoms with E-state index in [2.05, 4.69) is 29.4 Å². The molecule has 0 radical (unpaired) electrons. The third-order valence-corrected chi connectivity index (χ3v) is 5.37. The van der Waals surface area contributed by atoms with E-state index < -0.39 is 0 Å². The fraction of sp³-hybridized carbons (Fsp3) is 0.190. The van der Waals surface area contributed by atoms with Gasteiger partial charge in [-0.2, -0.15) is 0 Å². The molecular weight excluding hydrogens is 344 g/mol. The highest BCUT2D eigenvalue weighted by atomic mass is 32.1. The summed E-state index contributed by atoms with van der Waals surface area (Å²) in [6, 6.07) is 15.2. The molecule has 132 valence electrons. The summed E-state index contributed by atoms with van der Waals surface area (Å²) in [7, 11) is 0. The summed E-state index contributed by atoms with van der Waals surface area (Å²) in [6.45, 7) is 5.43. The second kappa shape index (κ2) is 7.62. The van der Waals surface area contributed by atoms with Crippen LogP contribution in [0.5, 0.6) is 0 Å². The van der Waals surface area contributed by atoms with Gasteiger partial charge >= 0.3 is 0 Å². The number of carbonyl (C=O) groups excluding carboxylic acids is 2. The van der Waals surface area contributed by atoms with Gasteiger partial charge in [0.2, 0.25) is 0 Å². The molecule has 1 N–H and O–H groups in total. The van der Waals surface area contributed by atoms with E-state index in [1.165, 1.54) is 23.8 Å². The van der Waals surface area contributed by atoms with Crippen LogP contribution >= 0.6 is 11.3 Å². The first kappa shape index (κ1) is 18.0. The highest BCUT2D eigenvalue weighted by molar-refractivity contribution is 7.17. The number of carbonyl (C=O) groups is 2. The number of aryl methyl sites for hydroxylation is 2. The molecule has 1 amide bonds. The van der Waals surface area contributed by atoms with Crippen molar-refractivity contribution >= 4 is 28.7 Å². The fourth-order valence-electron chi connectivity index (χ4n) is 2.69. The second-order valence-electron chi connectivity index (χ2n) is 6.04. The molecule has 5 heteroatoms. The molecule has 3 aromatic rings. The van der Waals surface area contributed by atoms with Gasteiger partial charge < -0.3 is 5.32 Å². The Morgan fingerprint density at radius 1 is 1.08 bits per heavy atom. The van der Waals surface area contributed by atoms with Crippen molar-refractivity contribution in [2.75, 3.05) is 5.32 Å². The monoisotopic (exact) mass is 364 g/mol. The summed E-state index contributed by atoms with van der Waals surface area (Å²) in [5, 5.41) is 3.66. The summed E-state index contributed by atoms with van der Waals surface area (Å²) in [4.78, 5) is 29.5. The number of anilines is 1. The van der Waals surface area contributed by atoms with E-state index in [1.807, 2.05) is 19.1 Å². The summed E-state index contributed by atoms with van der Waals surface area (Å²) in [6.07, 6.45) is 0.986. The molecule has 0 unspecified atom stereocenters. The zero-order valence-corrected chi connectivity index (χ0v) is 15.8. The lowest BCUT2D eigenvalue weighted by atomic mass is 10.1. The summed E-state index contributed by atoms with van der Waals surface area (Å²) in [5.41, 5.74) is 3.96. The maximum atomic E-state index is 12.7. The minimum atomic E-state index is -0.245. The molecule has 0 fully saturated rings. The Kier molecular flexibility index (Phi) is 5.28. The van der Waals surface area contributed by atoms with E-state index in [4.69, 9.17) is 0 Å². The van der Waals surface area contributed by atoms with Gasteiger partial charge in [-0.3, -0.25) is 9.59 Å². The normalized spacial score (nSPS) is 10.6. The molecule has 0 saturated heterocycles. The van der Waals surface area contributed by atoms with Gasteiger partial charge in [-0.25, -0.2) is 4.98 Å². The van der Waals surface area contributed by atoms with E-state index in [0.29, 0.717) is 21.8 Å². The Bertz CT molecular complexity index is 958. The van der Waals surface area contributed by atoms with E-state index in [-0.39, 0.29) is 11.7 Å². The number of Topliss-reactive ketones (excluding diaryl/α,β-unsaturated/α-hetero) is 1. The smallest absolute Gasteiger partial charge is 0.267 e. The van der Waals surface area contributed by atoms with E-state index in [0.717, 1.165) is 17.0 Å². The summed E-state index contributed by atoms with van der Waals surface area (Å²) < 4.78 is 0. The zero-order valence-electron chi connectivity index (χ0n) is 15.0. The van der Waals surface area contributed by atoms with Crippen molar-refractivity contribution in [3.63, 3.8) is 0 Å². The molecule has 0 saturated carbocycles. The Morgan fingerprint density at radius 3 is 2.42 bits per heavy atom. The number of ketones is 1. The van der Waals surface area contributed by atoms with Crippen molar-refractivity contribution in [3.05, 3.63) is 70.2 Å². The zero-order chi connectivity index (χ0) is 18.7. The van der Waals surface area contributed by atoms with Crippen LogP contribution in [0.15, 0.2) is 48.5 Å². The number of nitrogens with one attached hydrogen (secondary N) is 1. The van der Waals surface area contributed by atoms with E-state index in [9.17, 15) is 9.59 Å². The van der Waals surface area contributed by atoms with Gasteiger partial charge in [0.25, 0.3) is 5.91 Å². The van der Waals surface area contributed by atoms with Crippen LogP contribution in [-0.2, 0) is 6.42 Å². The van der Waals surface area contributed by atoms with Crippen LogP contribution in [-0.4, -0.2) is 16.7 Å². The number of nitrogens with zero attached hydrogens (tertiary/aromatic N) is 1. The highest BCUT2D eigenvalue weighted by Crippen LogP contribution is 2.29. The molecule has 0 bridgehead atoms. The Morgan fingerprint density at radius 2 is 1.77 bits per heavy atom. The van der Waals surface area contributed by atoms with Gasteiger partial charge in [-0.15, -0.1) is 11.3 Å². The number of thiazole rings is 1. The van der Waals surface area contributed by atoms with Crippen LogP contribution in [0.2, 0.25) is 0 Å². The minimum absolute atomic E-state index is 0.0846. The van der Waals surface area contributed by atoms with Crippen molar-refractivity contribution in [2.45, 2.75) is 27.2 Å². The molecule has 0 atom stereocenters. The number of rotatable bonds is 5. The predicted octanol–water partition coefficient (Wildman–Crippen LogP) is 5.14. The van der Waals surface area contributed by atoms with Gasteiger partial charge in [-0.1, -0.05) is 43.3 Å². The quantitative estimate of drug-likeness (QED) is 0.638. The largest absolute Gasteiger partial charge is 0.321 e. The first-order valence-corrected chi connectivity index (χ1v) is 9.29. The van der Waals surface area contributed by atoms with Crippen molar-refractivity contribution in [1.29, 1.82) is 0 Å². The molecule has 26 heavy (non-hydrogen) atoms. The Hall–Kier alpha value is -2.79. The number of hydrogen-bond donors (Lipinski definition) is 1. The van der Waals surface area contributed by atoms with Crippen LogP contribution in [0.4, 0.5) is 5.69 Å². The van der Waals surface area contributed by atoms with E-state index >= 15 is 0 Å². The average Bonchev–Trinajstić information content (AvgIpc) is 3.04. The van der Waals surface area contributed by atoms with Crippen molar-refractivity contribution < 1.29 is 9.59 Å². The van der Waals surface area contributed by atoms with Crippen LogP contribution in [0.25, 0.3) is 10.6 Å². The van der Waals surface area contributed by atoms with Crippen LogP contribution < -0.4 is 5.32 Å². The number of aromatic nitrogens is 1. The van der Waals surface area contributed by atoms with Crippen LogP contribution in [0.1, 0.15) is 45.1 Å². The summed E-state index contributed by atoms with van der Waals surface area (Å²) in [5.74, 6) is -0.330. The lowest BCUT2D eigenvalue weighted by Crippen LogP contribution is -2.14. The molecule has 0 aliphatic carbocycles. The molecule has 0 aliphatic rings. The molecule has 1 aromatic heterocycles. The minimum Gasteiger partial charge on any atom is -0.321 e. The van der Waals surface area contributed by atoms with Crippen molar-refractivity contribution in [1.82, 2.24) is 4.98 Å². The lowest BCUT2D eigenvalue weighted by Gasteiger charge is -2.08. The van der Waals surface area contributed by atoms with E-state index in [1.54, 1.807) is 24.3 Å². The first-order chi connectivity index (χ1) is 12.5. The number of amides is 1. The molecule has 2 aromatic carbocycles. The maximum Gasteiger partial charge on any atom is 0.267 e. The van der Waals surface area contributed by atoms with Crippen molar-refractivity contribution in [2.24, 2.45) is 0 Å². The molecule has 1 heterocycles. The third kappa shape index (κ3) is 3.73. The van der Waals surface area contributed by atoms with Crippen LogP contribution in [0.3, 0.4) is 0 Å². The number of para-hydroxylation sites is 1. The molecule has 0 aliphatic heterocycles. The molecule has 4 nitrogen and oxygen atoms in total. The second-order valence-corrected chi connectivity index (χ2v) is 7.04. The van der Waals surface area contributed by atoms with Gasteiger partial charge in [0.1, 0.15) is 9.88 Å². The predicted molar refractivity (Wildman–Crippen MR) is 106 cm³/mol. The Balaban J connectivity index is 1.87. The number of hydrogen-bond acceptors (Lipinski definition) is 4. The van der Waals surface area contributed by atoms with Gasteiger partial charge in [0, 0.05) is 11.1 Å². The maximum absolute atomic E-state index is 12.7. The van der Waals surface area contributed by atoms with Crippen molar-refractivity contribution in [3.8, 4) is 10.6 Å². The highest BCUT2D eigenvalue weighted by Gasteiger charge is 2.18. The van der Waals surface area contributed by atoms with Gasteiger partial charge in [-0.05, 0) is 38.0 Å². The molecular formula is C21H20N2O2S. The third-order valence-electron chi connectivity index (χ3n) is 4.17. The number of benzene rings is 2. The van der Waals surface area contributed by atoms with Gasteiger partial charge in [0.15, 0.2) is 5.78 Å². The molecule has 0 spiro atoms. The topological polar surface area (TPSA) is 59.1 Å². The first-order valence-electron chi connectivity index (χ1n) is 8.47. The molecule has 3 rings (SSSR count).